The summed E-state index contributed by atoms with van der Waals surface area (Å²) in [6.45, 7) is 9.32. The topological polar surface area (TPSA) is 51.4 Å². The maximum Gasteiger partial charge on any atom is 0.128 e. The van der Waals surface area contributed by atoms with E-state index in [2.05, 4.69) is 35.9 Å². The molecule has 0 bridgehead atoms. The molecule has 1 aliphatic heterocycles. The van der Waals surface area contributed by atoms with Gasteiger partial charge in [-0.15, -0.1) is 0 Å². The summed E-state index contributed by atoms with van der Waals surface area (Å²) in [6, 6.07) is 4.12. The van der Waals surface area contributed by atoms with Crippen molar-refractivity contribution in [1.82, 2.24) is 4.98 Å². The van der Waals surface area contributed by atoms with Gasteiger partial charge in [-0.3, -0.25) is 0 Å². The van der Waals surface area contributed by atoms with Gasteiger partial charge in [0.25, 0.3) is 0 Å². The first-order chi connectivity index (χ1) is 8.02. The molecule has 1 aromatic heterocycles. The Morgan fingerprint density at radius 1 is 1.47 bits per heavy atom. The van der Waals surface area contributed by atoms with E-state index in [1.165, 1.54) is 0 Å². The monoisotopic (exact) mass is 235 g/mol. The molecular weight excluding hydrogens is 214 g/mol. The number of morpholine rings is 1. The second kappa shape index (κ2) is 4.63. The fourth-order valence-electron chi connectivity index (χ4n) is 2.18. The Balaban J connectivity index is 2.19. The predicted octanol–water partition coefficient (Wildman–Crippen LogP) is 1.46. The molecule has 4 heteroatoms. The molecule has 94 valence electrons. The van der Waals surface area contributed by atoms with Crippen LogP contribution < -0.4 is 10.6 Å². The normalized spacial score (nSPS) is 19.4. The molecule has 17 heavy (non-hydrogen) atoms. The number of hydrogen-bond acceptors (Lipinski definition) is 4. The van der Waals surface area contributed by atoms with Crippen LogP contribution >= 0.6 is 0 Å². The Kier molecular flexibility index (Phi) is 3.35. The van der Waals surface area contributed by atoms with Crippen LogP contribution in [0.25, 0.3) is 0 Å². The highest BCUT2D eigenvalue weighted by Crippen LogP contribution is 2.22. The summed E-state index contributed by atoms with van der Waals surface area (Å²) in [5.41, 5.74) is 7.69. The number of pyridine rings is 1. The van der Waals surface area contributed by atoms with Crippen molar-refractivity contribution >= 4 is 5.82 Å². The lowest BCUT2D eigenvalue weighted by Crippen LogP contribution is -2.48. The van der Waals surface area contributed by atoms with E-state index < -0.39 is 0 Å². The van der Waals surface area contributed by atoms with Gasteiger partial charge in [0.1, 0.15) is 5.82 Å². The maximum absolute atomic E-state index is 5.70. The molecule has 2 rings (SSSR count). The van der Waals surface area contributed by atoms with E-state index in [1.807, 2.05) is 6.92 Å². The van der Waals surface area contributed by atoms with Crippen molar-refractivity contribution in [1.29, 1.82) is 0 Å². The average molecular weight is 235 g/mol. The first-order valence-corrected chi connectivity index (χ1v) is 6.07. The molecule has 0 amide bonds. The van der Waals surface area contributed by atoms with Crippen LogP contribution in [0.15, 0.2) is 12.1 Å². The third-order valence-corrected chi connectivity index (χ3v) is 3.15. The van der Waals surface area contributed by atoms with Crippen molar-refractivity contribution < 1.29 is 4.74 Å². The smallest absolute Gasteiger partial charge is 0.128 e. The molecule has 1 fully saturated rings. The molecule has 4 nitrogen and oxygen atoms in total. The minimum absolute atomic E-state index is 0.0969. The summed E-state index contributed by atoms with van der Waals surface area (Å²) in [7, 11) is 0. The molecule has 2 heterocycles. The quantitative estimate of drug-likeness (QED) is 0.843. The first kappa shape index (κ1) is 12.3. The molecule has 1 saturated heterocycles. The summed E-state index contributed by atoms with van der Waals surface area (Å²) in [4.78, 5) is 6.90. The molecule has 0 aromatic carbocycles. The van der Waals surface area contributed by atoms with Gasteiger partial charge in [-0.05, 0) is 32.4 Å². The van der Waals surface area contributed by atoms with Crippen LogP contribution in [0.1, 0.15) is 25.1 Å². The number of nitrogens with zero attached hydrogens (tertiary/aromatic N) is 2. The molecule has 0 saturated carbocycles. The predicted molar refractivity (Wildman–Crippen MR) is 69.1 cm³/mol. The minimum Gasteiger partial charge on any atom is -0.372 e. The van der Waals surface area contributed by atoms with E-state index in [-0.39, 0.29) is 5.60 Å². The standard InChI is InChI=1S/C13H21N3O/c1-10-11(8-14)4-5-12(15-10)16-6-7-17-13(2,3)9-16/h4-5H,6-9,14H2,1-3H3. The molecule has 0 radical (unpaired) electrons. The fraction of sp³-hybridized carbons (Fsp3) is 0.615. The Bertz CT molecular complexity index is 404. The Morgan fingerprint density at radius 3 is 2.82 bits per heavy atom. The average Bonchev–Trinajstić information content (AvgIpc) is 2.27. The van der Waals surface area contributed by atoms with Crippen molar-refractivity contribution in [2.75, 3.05) is 24.6 Å². The van der Waals surface area contributed by atoms with Gasteiger partial charge in [0.2, 0.25) is 0 Å². The van der Waals surface area contributed by atoms with Gasteiger partial charge < -0.3 is 15.4 Å². The largest absolute Gasteiger partial charge is 0.372 e. The zero-order chi connectivity index (χ0) is 12.5. The highest BCUT2D eigenvalue weighted by atomic mass is 16.5. The Labute approximate surface area is 103 Å². The fourth-order valence-corrected chi connectivity index (χ4v) is 2.18. The van der Waals surface area contributed by atoms with Gasteiger partial charge in [-0.1, -0.05) is 6.07 Å². The lowest BCUT2D eigenvalue weighted by Gasteiger charge is -2.38. The van der Waals surface area contributed by atoms with E-state index in [1.54, 1.807) is 0 Å². The zero-order valence-electron chi connectivity index (χ0n) is 10.9. The molecule has 0 aliphatic carbocycles. The minimum atomic E-state index is -0.0969. The van der Waals surface area contributed by atoms with Crippen molar-refractivity contribution in [3.05, 3.63) is 23.4 Å². The van der Waals surface area contributed by atoms with Gasteiger partial charge in [0.15, 0.2) is 0 Å². The van der Waals surface area contributed by atoms with Gasteiger partial charge in [0, 0.05) is 25.3 Å². The number of aryl methyl sites for hydroxylation is 1. The van der Waals surface area contributed by atoms with Crippen molar-refractivity contribution in [3.8, 4) is 0 Å². The molecular formula is C13H21N3O. The molecule has 0 unspecified atom stereocenters. The van der Waals surface area contributed by atoms with E-state index >= 15 is 0 Å². The van der Waals surface area contributed by atoms with E-state index in [0.717, 1.165) is 36.8 Å². The highest BCUT2D eigenvalue weighted by Gasteiger charge is 2.27. The van der Waals surface area contributed by atoms with Crippen molar-refractivity contribution in [2.45, 2.75) is 32.9 Å². The number of nitrogens with two attached hydrogens (primary N) is 1. The molecule has 0 spiro atoms. The number of anilines is 1. The third-order valence-electron chi connectivity index (χ3n) is 3.15. The van der Waals surface area contributed by atoms with Gasteiger partial charge in [-0.2, -0.15) is 0 Å². The second-order valence-corrected chi connectivity index (χ2v) is 5.15. The summed E-state index contributed by atoms with van der Waals surface area (Å²) < 4.78 is 5.70. The maximum atomic E-state index is 5.70. The van der Waals surface area contributed by atoms with Crippen molar-refractivity contribution in [3.63, 3.8) is 0 Å². The van der Waals surface area contributed by atoms with Crippen LogP contribution in [0.2, 0.25) is 0 Å². The van der Waals surface area contributed by atoms with E-state index in [9.17, 15) is 0 Å². The number of ether oxygens (including phenoxy) is 1. The molecule has 1 aliphatic rings. The number of rotatable bonds is 2. The molecule has 0 atom stereocenters. The SMILES string of the molecule is Cc1nc(N2CCOC(C)(C)C2)ccc1CN. The summed E-state index contributed by atoms with van der Waals surface area (Å²) in [6.07, 6.45) is 0. The van der Waals surface area contributed by atoms with E-state index in [4.69, 9.17) is 10.5 Å². The highest BCUT2D eigenvalue weighted by molar-refractivity contribution is 5.42. The van der Waals surface area contributed by atoms with Crippen LogP contribution in [-0.4, -0.2) is 30.3 Å². The van der Waals surface area contributed by atoms with Gasteiger partial charge in [-0.25, -0.2) is 4.98 Å². The summed E-state index contributed by atoms with van der Waals surface area (Å²) in [5, 5.41) is 0. The van der Waals surface area contributed by atoms with Gasteiger partial charge >= 0.3 is 0 Å². The number of aromatic nitrogens is 1. The Morgan fingerprint density at radius 2 is 2.24 bits per heavy atom. The van der Waals surface area contributed by atoms with Crippen LogP contribution in [0.5, 0.6) is 0 Å². The van der Waals surface area contributed by atoms with Crippen molar-refractivity contribution in [2.24, 2.45) is 5.73 Å². The van der Waals surface area contributed by atoms with E-state index in [0.29, 0.717) is 6.54 Å². The lowest BCUT2D eigenvalue weighted by atomic mass is 10.1. The zero-order valence-corrected chi connectivity index (χ0v) is 10.9. The first-order valence-electron chi connectivity index (χ1n) is 6.07. The van der Waals surface area contributed by atoms with Crippen LogP contribution in [0.3, 0.4) is 0 Å². The third kappa shape index (κ3) is 2.76. The van der Waals surface area contributed by atoms with Crippen LogP contribution in [0, 0.1) is 6.92 Å². The Hall–Kier alpha value is -1.13. The second-order valence-electron chi connectivity index (χ2n) is 5.15. The summed E-state index contributed by atoms with van der Waals surface area (Å²) in [5.74, 6) is 1.02. The summed E-state index contributed by atoms with van der Waals surface area (Å²) >= 11 is 0. The van der Waals surface area contributed by atoms with Crippen LogP contribution in [0.4, 0.5) is 5.82 Å². The van der Waals surface area contributed by atoms with Crippen LogP contribution in [-0.2, 0) is 11.3 Å². The molecule has 2 N–H and O–H groups in total. The molecule has 1 aromatic rings. The van der Waals surface area contributed by atoms with Gasteiger partial charge in [0.05, 0.1) is 12.2 Å². The lowest BCUT2D eigenvalue weighted by molar-refractivity contribution is -0.0279. The number of hydrogen-bond donors (Lipinski definition) is 1.